The van der Waals surface area contributed by atoms with E-state index in [2.05, 4.69) is 15.9 Å². The highest BCUT2D eigenvalue weighted by Gasteiger charge is 2.29. The lowest BCUT2D eigenvalue weighted by Crippen LogP contribution is -2.31. The Labute approximate surface area is 105 Å². The summed E-state index contributed by atoms with van der Waals surface area (Å²) in [6.45, 7) is -0.978. The summed E-state index contributed by atoms with van der Waals surface area (Å²) < 4.78 is 36.7. The van der Waals surface area contributed by atoms with Crippen LogP contribution in [0.5, 0.6) is 0 Å². The molecule has 90 valence electrons. The summed E-state index contributed by atoms with van der Waals surface area (Å²) in [7, 11) is 1.41. The van der Waals surface area contributed by atoms with Gasteiger partial charge in [0.15, 0.2) is 0 Å². The van der Waals surface area contributed by atoms with Crippen LogP contribution >= 0.6 is 27.5 Å². The van der Waals surface area contributed by atoms with Crippen LogP contribution in [0.3, 0.4) is 0 Å². The Kier molecular flexibility index (Phi) is 4.50. The molecule has 0 fully saturated rings. The second-order valence-electron chi connectivity index (χ2n) is 3.38. The molecule has 0 aliphatic rings. The molecule has 0 spiro atoms. The van der Waals surface area contributed by atoms with Crippen LogP contribution in [0, 0.1) is 0 Å². The Morgan fingerprint density at radius 3 is 2.50 bits per heavy atom. The fraction of sp³-hybridized carbons (Fsp3) is 0.400. The van der Waals surface area contributed by atoms with Crippen LogP contribution in [0.25, 0.3) is 0 Å². The number of hydrogen-bond donors (Lipinski definition) is 0. The second kappa shape index (κ2) is 5.27. The molecule has 0 radical (unpaired) electrons. The lowest BCUT2D eigenvalue weighted by atomic mass is 10.2. The van der Waals surface area contributed by atoms with Gasteiger partial charge in [0, 0.05) is 23.1 Å². The van der Waals surface area contributed by atoms with Gasteiger partial charge >= 0.3 is 6.18 Å². The van der Waals surface area contributed by atoms with Crippen molar-refractivity contribution in [1.29, 1.82) is 0 Å². The predicted molar refractivity (Wildman–Crippen MR) is 63.4 cm³/mol. The third-order valence-electron chi connectivity index (χ3n) is 2.01. The maximum absolute atomic E-state index is 12.2. The van der Waals surface area contributed by atoms with Gasteiger partial charge in [-0.05, 0) is 23.8 Å². The average molecular weight is 317 g/mol. The van der Waals surface area contributed by atoms with Crippen molar-refractivity contribution in [3.05, 3.63) is 28.8 Å². The van der Waals surface area contributed by atoms with Crippen molar-refractivity contribution in [2.75, 3.05) is 18.5 Å². The molecule has 1 rings (SSSR count). The molecule has 0 aliphatic heterocycles. The van der Waals surface area contributed by atoms with Crippen molar-refractivity contribution in [1.82, 2.24) is 0 Å². The van der Waals surface area contributed by atoms with Crippen molar-refractivity contribution < 1.29 is 13.2 Å². The zero-order valence-corrected chi connectivity index (χ0v) is 10.8. The Morgan fingerprint density at radius 1 is 1.38 bits per heavy atom. The molecule has 0 amide bonds. The minimum absolute atomic E-state index is 0.463. The first-order valence-corrected chi connectivity index (χ1v) is 5.95. The number of halogens is 5. The highest BCUT2D eigenvalue weighted by molar-refractivity contribution is 9.08. The van der Waals surface area contributed by atoms with E-state index in [4.69, 9.17) is 11.6 Å². The highest BCUT2D eigenvalue weighted by Crippen LogP contribution is 2.28. The molecular weight excluding hydrogens is 306 g/mol. The van der Waals surface area contributed by atoms with E-state index in [1.807, 2.05) is 0 Å². The lowest BCUT2D eigenvalue weighted by Gasteiger charge is -2.23. The zero-order valence-electron chi connectivity index (χ0n) is 8.48. The largest absolute Gasteiger partial charge is 0.405 e. The monoisotopic (exact) mass is 315 g/mol. The predicted octanol–water partition coefficient (Wildman–Crippen LogP) is 4.23. The van der Waals surface area contributed by atoms with E-state index in [1.165, 1.54) is 7.05 Å². The molecule has 0 aromatic heterocycles. The van der Waals surface area contributed by atoms with Crippen molar-refractivity contribution in [3.63, 3.8) is 0 Å². The summed E-state index contributed by atoms with van der Waals surface area (Å²) in [5, 5.41) is 0.976. The molecule has 0 bridgehead atoms. The normalized spacial score (nSPS) is 11.6. The summed E-state index contributed by atoms with van der Waals surface area (Å²) >= 11 is 9.00. The maximum Gasteiger partial charge on any atom is 0.405 e. The minimum atomic E-state index is -4.21. The van der Waals surface area contributed by atoms with Gasteiger partial charge < -0.3 is 4.90 Å². The molecule has 0 heterocycles. The standard InChI is InChI=1S/C10H10BrClF3N/c1-16(6-10(13,14)15)9-3-2-8(12)4-7(9)5-11/h2-4H,5-6H2,1H3. The number of nitrogens with zero attached hydrogens (tertiary/aromatic N) is 1. The van der Waals surface area contributed by atoms with Gasteiger partial charge in [0.25, 0.3) is 0 Å². The summed E-state index contributed by atoms with van der Waals surface area (Å²) in [4.78, 5) is 1.16. The fourth-order valence-corrected chi connectivity index (χ4v) is 2.03. The number of rotatable bonds is 3. The van der Waals surface area contributed by atoms with Gasteiger partial charge in [0.05, 0.1) is 0 Å². The van der Waals surface area contributed by atoms with E-state index < -0.39 is 12.7 Å². The van der Waals surface area contributed by atoms with Gasteiger partial charge in [-0.25, -0.2) is 0 Å². The van der Waals surface area contributed by atoms with Crippen LogP contribution in [-0.2, 0) is 5.33 Å². The molecule has 0 saturated heterocycles. The molecule has 1 aromatic rings. The fourth-order valence-electron chi connectivity index (χ4n) is 1.39. The summed E-state index contributed by atoms with van der Waals surface area (Å²) in [6.07, 6.45) is -4.21. The Balaban J connectivity index is 2.94. The summed E-state index contributed by atoms with van der Waals surface area (Å²) in [5.74, 6) is 0. The molecule has 16 heavy (non-hydrogen) atoms. The Bertz CT molecular complexity index is 368. The van der Waals surface area contributed by atoms with E-state index in [-0.39, 0.29) is 0 Å². The number of anilines is 1. The molecule has 0 unspecified atom stereocenters. The van der Waals surface area contributed by atoms with Gasteiger partial charge in [0.2, 0.25) is 0 Å². The van der Waals surface area contributed by atoms with Crippen molar-refractivity contribution >= 4 is 33.2 Å². The third-order valence-corrected chi connectivity index (χ3v) is 2.85. The van der Waals surface area contributed by atoms with E-state index in [1.54, 1.807) is 18.2 Å². The van der Waals surface area contributed by atoms with Gasteiger partial charge in [-0.2, -0.15) is 13.2 Å². The Hall–Kier alpha value is -0.420. The van der Waals surface area contributed by atoms with Crippen molar-refractivity contribution in [3.8, 4) is 0 Å². The molecule has 0 saturated carbocycles. The molecule has 1 aromatic carbocycles. The number of alkyl halides is 4. The smallest absolute Gasteiger partial charge is 0.365 e. The topological polar surface area (TPSA) is 3.24 Å². The lowest BCUT2D eigenvalue weighted by molar-refractivity contribution is -0.119. The first-order valence-electron chi connectivity index (χ1n) is 4.46. The molecule has 1 nitrogen and oxygen atoms in total. The van der Waals surface area contributed by atoms with Crippen molar-refractivity contribution in [2.45, 2.75) is 11.5 Å². The molecular formula is C10H10BrClF3N. The molecule has 0 atom stereocenters. The minimum Gasteiger partial charge on any atom is -0.365 e. The zero-order chi connectivity index (χ0) is 12.3. The third kappa shape index (κ3) is 3.87. The maximum atomic E-state index is 12.2. The van der Waals surface area contributed by atoms with Gasteiger partial charge in [-0.3, -0.25) is 0 Å². The molecule has 0 aliphatic carbocycles. The van der Waals surface area contributed by atoms with Crippen LogP contribution in [0.4, 0.5) is 18.9 Å². The van der Waals surface area contributed by atoms with E-state index in [0.29, 0.717) is 16.0 Å². The van der Waals surface area contributed by atoms with Crippen molar-refractivity contribution in [2.24, 2.45) is 0 Å². The molecule has 0 N–H and O–H groups in total. The Morgan fingerprint density at radius 2 is 2.00 bits per heavy atom. The van der Waals surface area contributed by atoms with Crippen LogP contribution in [0.1, 0.15) is 5.56 Å². The highest BCUT2D eigenvalue weighted by atomic mass is 79.9. The van der Waals surface area contributed by atoms with Crippen LogP contribution in [0.2, 0.25) is 5.02 Å². The van der Waals surface area contributed by atoms with Crippen LogP contribution < -0.4 is 4.90 Å². The van der Waals surface area contributed by atoms with Gasteiger partial charge in [-0.1, -0.05) is 27.5 Å². The van der Waals surface area contributed by atoms with Gasteiger partial charge in [-0.15, -0.1) is 0 Å². The summed E-state index contributed by atoms with van der Waals surface area (Å²) in [5.41, 5.74) is 1.26. The molecule has 6 heteroatoms. The summed E-state index contributed by atoms with van der Waals surface area (Å²) in [6, 6.07) is 4.82. The second-order valence-corrected chi connectivity index (χ2v) is 4.38. The van der Waals surface area contributed by atoms with Gasteiger partial charge in [0.1, 0.15) is 6.54 Å². The quantitative estimate of drug-likeness (QED) is 0.754. The van der Waals surface area contributed by atoms with E-state index in [9.17, 15) is 13.2 Å². The number of hydrogen-bond acceptors (Lipinski definition) is 1. The van der Waals surface area contributed by atoms with Crippen LogP contribution in [-0.4, -0.2) is 19.8 Å². The number of benzene rings is 1. The SMILES string of the molecule is CN(CC(F)(F)F)c1ccc(Cl)cc1CBr. The van der Waals surface area contributed by atoms with E-state index >= 15 is 0 Å². The van der Waals surface area contributed by atoms with E-state index in [0.717, 1.165) is 10.5 Å². The van der Waals surface area contributed by atoms with Crippen LogP contribution in [0.15, 0.2) is 18.2 Å². The first kappa shape index (κ1) is 13.6. The first-order chi connectivity index (χ1) is 7.33. The average Bonchev–Trinajstić information content (AvgIpc) is 2.14.